The maximum Gasteiger partial charge on any atom is 0.193 e. The molecule has 0 amide bonds. The lowest BCUT2D eigenvalue weighted by atomic mass is 9.92. The van der Waals surface area contributed by atoms with Gasteiger partial charge in [-0.15, -0.1) is 24.0 Å². The molecule has 1 rings (SSSR count). The summed E-state index contributed by atoms with van der Waals surface area (Å²) in [5.41, 5.74) is 0. The largest absolute Gasteiger partial charge is 0.356 e. The van der Waals surface area contributed by atoms with E-state index in [1.54, 1.807) is 0 Å². The van der Waals surface area contributed by atoms with Gasteiger partial charge < -0.3 is 15.1 Å². The average molecular weight is 424 g/mol. The molecule has 1 heterocycles. The number of likely N-dealkylation sites (tertiary alicyclic amines) is 1. The number of rotatable bonds is 7. The second-order valence-corrected chi connectivity index (χ2v) is 6.81. The third-order valence-electron chi connectivity index (χ3n) is 4.30. The Hall–Kier alpha value is -0.0400. The highest BCUT2D eigenvalue weighted by molar-refractivity contribution is 14.0. The number of hydrogen-bond donors (Lipinski definition) is 1. The van der Waals surface area contributed by atoms with Crippen molar-refractivity contribution in [1.82, 2.24) is 15.1 Å². The number of nitrogens with zero attached hydrogens (tertiary/aromatic N) is 3. The lowest BCUT2D eigenvalue weighted by Crippen LogP contribution is -2.42. The highest BCUT2D eigenvalue weighted by Gasteiger charge is 2.20. The van der Waals surface area contributed by atoms with Crippen LogP contribution in [-0.2, 0) is 0 Å². The van der Waals surface area contributed by atoms with Crippen molar-refractivity contribution < 1.29 is 0 Å². The van der Waals surface area contributed by atoms with Crippen molar-refractivity contribution in [2.75, 3.05) is 46.8 Å². The second kappa shape index (κ2) is 12.4. The molecule has 0 aromatic carbocycles. The van der Waals surface area contributed by atoms with Crippen molar-refractivity contribution in [2.45, 2.75) is 46.5 Å². The standard InChI is InChI=1S/C17H36N4.HI/c1-6-7-10-20(5)17(18-4)19-9-8-11-21-13-15(2)12-16(3)14-21;/h15-16H,6-14H2,1-5H3,(H,18,19);1H. The van der Waals surface area contributed by atoms with Crippen molar-refractivity contribution in [3.05, 3.63) is 0 Å². The molecule has 1 saturated heterocycles. The zero-order chi connectivity index (χ0) is 15.7. The van der Waals surface area contributed by atoms with Gasteiger partial charge in [-0.25, -0.2) is 0 Å². The molecular weight excluding hydrogens is 387 g/mol. The van der Waals surface area contributed by atoms with E-state index in [9.17, 15) is 0 Å². The van der Waals surface area contributed by atoms with Gasteiger partial charge in [0.25, 0.3) is 0 Å². The number of guanidine groups is 1. The highest BCUT2D eigenvalue weighted by Crippen LogP contribution is 2.20. The van der Waals surface area contributed by atoms with E-state index in [0.29, 0.717) is 0 Å². The molecule has 0 bridgehead atoms. The van der Waals surface area contributed by atoms with E-state index in [-0.39, 0.29) is 24.0 Å². The molecule has 1 aliphatic heterocycles. The van der Waals surface area contributed by atoms with E-state index >= 15 is 0 Å². The van der Waals surface area contributed by atoms with Gasteiger partial charge in [-0.3, -0.25) is 4.99 Å². The second-order valence-electron chi connectivity index (χ2n) is 6.81. The molecule has 2 atom stereocenters. The molecule has 0 aromatic heterocycles. The summed E-state index contributed by atoms with van der Waals surface area (Å²) in [6, 6.07) is 0. The molecule has 0 aromatic rings. The molecule has 5 heteroatoms. The minimum atomic E-state index is 0. The summed E-state index contributed by atoms with van der Waals surface area (Å²) >= 11 is 0. The van der Waals surface area contributed by atoms with Crippen molar-refractivity contribution >= 4 is 29.9 Å². The van der Waals surface area contributed by atoms with Crippen LogP contribution < -0.4 is 5.32 Å². The molecule has 132 valence electrons. The molecular formula is C17H37IN4. The van der Waals surface area contributed by atoms with E-state index in [1.165, 1.54) is 45.3 Å². The van der Waals surface area contributed by atoms with Gasteiger partial charge in [-0.05, 0) is 37.6 Å². The number of unbranched alkanes of at least 4 members (excludes halogenated alkanes) is 1. The third-order valence-corrected chi connectivity index (χ3v) is 4.30. The normalized spacial score (nSPS) is 23.0. The van der Waals surface area contributed by atoms with Gasteiger partial charge in [-0.1, -0.05) is 27.2 Å². The fourth-order valence-electron chi connectivity index (χ4n) is 3.36. The van der Waals surface area contributed by atoms with Gasteiger partial charge in [0, 0.05) is 40.3 Å². The van der Waals surface area contributed by atoms with E-state index in [2.05, 4.69) is 47.9 Å². The van der Waals surface area contributed by atoms with Crippen LogP contribution in [0.25, 0.3) is 0 Å². The first-order valence-corrected chi connectivity index (χ1v) is 8.70. The van der Waals surface area contributed by atoms with E-state index < -0.39 is 0 Å². The molecule has 0 aliphatic carbocycles. The molecule has 1 aliphatic rings. The van der Waals surface area contributed by atoms with Crippen LogP contribution >= 0.6 is 24.0 Å². The summed E-state index contributed by atoms with van der Waals surface area (Å²) < 4.78 is 0. The molecule has 1 fully saturated rings. The maximum absolute atomic E-state index is 4.37. The van der Waals surface area contributed by atoms with Crippen LogP contribution in [0.2, 0.25) is 0 Å². The number of piperidine rings is 1. The van der Waals surface area contributed by atoms with Gasteiger partial charge in [0.1, 0.15) is 0 Å². The minimum absolute atomic E-state index is 0. The summed E-state index contributed by atoms with van der Waals surface area (Å²) in [6.07, 6.45) is 5.04. The van der Waals surface area contributed by atoms with Crippen LogP contribution in [0.3, 0.4) is 0 Å². The smallest absolute Gasteiger partial charge is 0.193 e. The SMILES string of the molecule is CCCCN(C)C(=NC)NCCCN1CC(C)CC(C)C1.I. The Morgan fingerprint density at radius 3 is 2.41 bits per heavy atom. The molecule has 0 saturated carbocycles. The number of halogens is 1. The highest BCUT2D eigenvalue weighted by atomic mass is 127. The molecule has 4 nitrogen and oxygen atoms in total. The number of aliphatic imine (C=N–C) groups is 1. The summed E-state index contributed by atoms with van der Waals surface area (Å²) in [5, 5.41) is 3.49. The zero-order valence-electron chi connectivity index (χ0n) is 15.3. The maximum atomic E-state index is 4.37. The minimum Gasteiger partial charge on any atom is -0.356 e. The van der Waals surface area contributed by atoms with Crippen LogP contribution in [0, 0.1) is 11.8 Å². The Morgan fingerprint density at radius 2 is 1.86 bits per heavy atom. The van der Waals surface area contributed by atoms with Gasteiger partial charge in [-0.2, -0.15) is 0 Å². The monoisotopic (exact) mass is 424 g/mol. The predicted octanol–water partition coefficient (Wildman–Crippen LogP) is 3.28. The third kappa shape index (κ3) is 8.56. The number of hydrogen-bond acceptors (Lipinski definition) is 2. The Kier molecular flexibility index (Phi) is 12.4. The van der Waals surface area contributed by atoms with Crippen LogP contribution in [0.4, 0.5) is 0 Å². The Morgan fingerprint density at radius 1 is 1.23 bits per heavy atom. The zero-order valence-corrected chi connectivity index (χ0v) is 17.6. The fraction of sp³-hybridized carbons (Fsp3) is 0.941. The summed E-state index contributed by atoms with van der Waals surface area (Å²) in [6.45, 7) is 12.8. The van der Waals surface area contributed by atoms with Crippen LogP contribution in [0.5, 0.6) is 0 Å². The van der Waals surface area contributed by atoms with Crippen molar-refractivity contribution in [3.63, 3.8) is 0 Å². The number of nitrogens with one attached hydrogen (secondary N) is 1. The van der Waals surface area contributed by atoms with Crippen molar-refractivity contribution in [2.24, 2.45) is 16.8 Å². The van der Waals surface area contributed by atoms with E-state index in [4.69, 9.17) is 0 Å². The van der Waals surface area contributed by atoms with E-state index in [1.807, 2.05) is 7.05 Å². The van der Waals surface area contributed by atoms with Crippen molar-refractivity contribution in [1.29, 1.82) is 0 Å². The molecule has 0 radical (unpaired) electrons. The quantitative estimate of drug-likeness (QED) is 0.295. The van der Waals surface area contributed by atoms with E-state index in [0.717, 1.165) is 30.9 Å². The first-order valence-electron chi connectivity index (χ1n) is 8.70. The van der Waals surface area contributed by atoms with Gasteiger partial charge in [0.15, 0.2) is 5.96 Å². The topological polar surface area (TPSA) is 30.9 Å². The summed E-state index contributed by atoms with van der Waals surface area (Å²) in [7, 11) is 4.00. The molecule has 2 unspecified atom stereocenters. The van der Waals surface area contributed by atoms with Gasteiger partial charge in [0.05, 0.1) is 0 Å². The summed E-state index contributed by atoms with van der Waals surface area (Å²) in [4.78, 5) is 9.23. The summed E-state index contributed by atoms with van der Waals surface area (Å²) in [5.74, 6) is 2.74. The van der Waals surface area contributed by atoms with Gasteiger partial charge in [0.2, 0.25) is 0 Å². The average Bonchev–Trinajstić information content (AvgIpc) is 2.44. The molecule has 0 spiro atoms. The lowest BCUT2D eigenvalue weighted by molar-refractivity contribution is 0.140. The molecule has 1 N–H and O–H groups in total. The lowest BCUT2D eigenvalue weighted by Gasteiger charge is -2.35. The van der Waals surface area contributed by atoms with Crippen LogP contribution in [0.15, 0.2) is 4.99 Å². The van der Waals surface area contributed by atoms with Gasteiger partial charge >= 0.3 is 0 Å². The Labute approximate surface area is 155 Å². The van der Waals surface area contributed by atoms with Crippen LogP contribution in [-0.4, -0.2) is 62.6 Å². The van der Waals surface area contributed by atoms with Crippen molar-refractivity contribution in [3.8, 4) is 0 Å². The Bertz CT molecular complexity index is 299. The predicted molar refractivity (Wildman–Crippen MR) is 108 cm³/mol. The first kappa shape index (κ1) is 22.0. The Balaban J connectivity index is 0.00000441. The van der Waals surface area contributed by atoms with Crippen LogP contribution in [0.1, 0.15) is 46.5 Å². The molecule has 22 heavy (non-hydrogen) atoms. The fourth-order valence-corrected chi connectivity index (χ4v) is 3.36. The first-order chi connectivity index (χ1) is 10.1.